The van der Waals surface area contributed by atoms with Crippen molar-refractivity contribution in [3.05, 3.63) is 58.3 Å². The minimum absolute atomic E-state index is 0.345. The number of rotatable bonds is 4. The molecule has 1 aromatic heterocycles. The zero-order valence-electron chi connectivity index (χ0n) is 13.1. The van der Waals surface area contributed by atoms with Crippen LogP contribution < -0.4 is 5.43 Å². The Balaban J connectivity index is 2.01. The molecule has 0 saturated carbocycles. The van der Waals surface area contributed by atoms with Gasteiger partial charge in [-0.1, -0.05) is 37.9 Å². The van der Waals surface area contributed by atoms with E-state index in [4.69, 9.17) is 16.6 Å². The predicted octanol–water partition coefficient (Wildman–Crippen LogP) is 4.30. The summed E-state index contributed by atoms with van der Waals surface area (Å²) >= 11 is 12.7. The van der Waals surface area contributed by atoms with Gasteiger partial charge < -0.3 is 0 Å². The van der Waals surface area contributed by atoms with E-state index < -0.39 is 0 Å². The average molecular weight is 484 g/mol. The van der Waals surface area contributed by atoms with Gasteiger partial charge in [-0.05, 0) is 30.3 Å². The number of pyridine rings is 1. The summed E-state index contributed by atoms with van der Waals surface area (Å²) in [4.78, 5) is 13.8. The standard InChI is InChI=1S/C17H14Br2ClN5/c18-8-12(9-20)24-25-16-10-22-17(15-3-1-2-6-21-15)13-7-11(19)4-5-14(13)23-16/h1-7H,8-10H2,(H,23,25)/b24-12-. The van der Waals surface area contributed by atoms with Crippen LogP contribution in [-0.4, -0.2) is 40.0 Å². The number of hydrogen-bond acceptors (Lipinski definition) is 5. The van der Waals surface area contributed by atoms with Crippen molar-refractivity contribution in [3.8, 4) is 0 Å². The van der Waals surface area contributed by atoms with Gasteiger partial charge in [0.15, 0.2) is 0 Å². The van der Waals surface area contributed by atoms with Crippen molar-refractivity contribution in [2.75, 3.05) is 17.8 Å². The quantitative estimate of drug-likeness (QED) is 0.400. The molecule has 128 valence electrons. The third kappa shape index (κ3) is 4.54. The normalized spacial score (nSPS) is 14.3. The van der Waals surface area contributed by atoms with Crippen LogP contribution >= 0.6 is 43.5 Å². The van der Waals surface area contributed by atoms with E-state index in [1.165, 1.54) is 0 Å². The number of benzene rings is 1. The second-order valence-electron chi connectivity index (χ2n) is 5.16. The molecule has 1 aromatic carbocycles. The van der Waals surface area contributed by atoms with Crippen molar-refractivity contribution >= 4 is 66.4 Å². The van der Waals surface area contributed by atoms with Crippen LogP contribution in [0, 0.1) is 0 Å². The number of hydrogen-bond donors (Lipinski definition) is 1. The van der Waals surface area contributed by atoms with E-state index in [9.17, 15) is 0 Å². The Kier molecular flexibility index (Phi) is 6.34. The Morgan fingerprint density at radius 2 is 2.16 bits per heavy atom. The molecule has 0 spiro atoms. The van der Waals surface area contributed by atoms with E-state index in [2.05, 4.69) is 52.4 Å². The first-order chi connectivity index (χ1) is 12.2. The molecule has 0 atom stereocenters. The molecule has 0 unspecified atom stereocenters. The van der Waals surface area contributed by atoms with Crippen LogP contribution in [0.2, 0.25) is 0 Å². The lowest BCUT2D eigenvalue weighted by molar-refractivity contribution is 0.988. The SMILES string of the molecule is ClC/C(CBr)=N\NC1=Nc2ccc(Br)cc2C(c2ccccn2)=NC1. The lowest BCUT2D eigenvalue weighted by atomic mass is 10.0. The Morgan fingerprint density at radius 1 is 1.28 bits per heavy atom. The molecule has 0 aliphatic carbocycles. The van der Waals surface area contributed by atoms with Crippen molar-refractivity contribution in [3.63, 3.8) is 0 Å². The van der Waals surface area contributed by atoms with Crippen molar-refractivity contribution in [2.24, 2.45) is 15.1 Å². The third-order valence-electron chi connectivity index (χ3n) is 3.42. The number of fused-ring (bicyclic) bond motifs is 1. The highest BCUT2D eigenvalue weighted by Gasteiger charge is 2.17. The van der Waals surface area contributed by atoms with Gasteiger partial charge in [-0.25, -0.2) is 4.99 Å². The summed E-state index contributed by atoms with van der Waals surface area (Å²) in [5.74, 6) is 0.996. The number of halogens is 3. The first-order valence-corrected chi connectivity index (χ1v) is 9.93. The topological polar surface area (TPSA) is 62.0 Å². The number of alkyl halides is 2. The van der Waals surface area contributed by atoms with Crippen LogP contribution in [0.25, 0.3) is 0 Å². The van der Waals surface area contributed by atoms with E-state index in [-0.39, 0.29) is 0 Å². The fourth-order valence-corrected chi connectivity index (χ4v) is 3.30. The van der Waals surface area contributed by atoms with Crippen LogP contribution in [0.3, 0.4) is 0 Å². The van der Waals surface area contributed by atoms with Gasteiger partial charge in [-0.3, -0.25) is 15.4 Å². The van der Waals surface area contributed by atoms with Crippen molar-refractivity contribution in [2.45, 2.75) is 0 Å². The number of nitrogens with one attached hydrogen (secondary N) is 1. The molecule has 0 saturated heterocycles. The molecule has 3 rings (SSSR count). The predicted molar refractivity (Wildman–Crippen MR) is 111 cm³/mol. The van der Waals surface area contributed by atoms with Gasteiger partial charge in [0.2, 0.25) is 0 Å². The number of amidine groups is 1. The molecule has 2 aromatic rings. The molecule has 1 aliphatic rings. The van der Waals surface area contributed by atoms with Crippen molar-refractivity contribution in [1.82, 2.24) is 10.4 Å². The second kappa shape index (κ2) is 8.69. The largest absolute Gasteiger partial charge is 0.274 e. The smallest absolute Gasteiger partial charge is 0.144 e. The van der Waals surface area contributed by atoms with Crippen LogP contribution in [-0.2, 0) is 0 Å². The molecule has 0 amide bonds. The zero-order chi connectivity index (χ0) is 17.6. The zero-order valence-corrected chi connectivity index (χ0v) is 17.0. The molecule has 8 heteroatoms. The fraction of sp³-hybridized carbons (Fsp3) is 0.176. The molecule has 1 N–H and O–H groups in total. The van der Waals surface area contributed by atoms with Gasteiger partial charge in [0.25, 0.3) is 0 Å². The summed E-state index contributed by atoms with van der Waals surface area (Å²) in [5.41, 5.74) is 7.12. The first-order valence-electron chi connectivity index (χ1n) is 7.48. The van der Waals surface area contributed by atoms with Crippen LogP contribution in [0.1, 0.15) is 11.3 Å². The molecular weight excluding hydrogens is 469 g/mol. The molecule has 1 aliphatic heterocycles. The van der Waals surface area contributed by atoms with E-state index in [1.807, 2.05) is 36.4 Å². The fourth-order valence-electron chi connectivity index (χ4n) is 2.24. The van der Waals surface area contributed by atoms with Gasteiger partial charge >= 0.3 is 0 Å². The Hall–Kier alpha value is -1.57. The highest BCUT2D eigenvalue weighted by atomic mass is 79.9. The van der Waals surface area contributed by atoms with E-state index in [0.29, 0.717) is 23.6 Å². The second-order valence-corrected chi connectivity index (χ2v) is 6.90. The number of hydrazone groups is 1. The minimum Gasteiger partial charge on any atom is -0.274 e. The minimum atomic E-state index is 0.345. The van der Waals surface area contributed by atoms with E-state index in [0.717, 1.165) is 32.8 Å². The van der Waals surface area contributed by atoms with Gasteiger partial charge in [0.05, 0.1) is 35.2 Å². The molecule has 0 fully saturated rings. The maximum atomic E-state index is 5.84. The third-order valence-corrected chi connectivity index (χ3v) is 4.86. The van der Waals surface area contributed by atoms with Crippen LogP contribution in [0.4, 0.5) is 5.69 Å². The van der Waals surface area contributed by atoms with Gasteiger partial charge in [-0.15, -0.1) is 11.6 Å². The summed E-state index contributed by atoms with van der Waals surface area (Å²) in [6, 6.07) is 11.7. The van der Waals surface area contributed by atoms with Gasteiger partial charge in [-0.2, -0.15) is 5.10 Å². The summed E-state index contributed by atoms with van der Waals surface area (Å²) in [6.07, 6.45) is 1.76. The van der Waals surface area contributed by atoms with Crippen LogP contribution in [0.15, 0.2) is 62.2 Å². The van der Waals surface area contributed by atoms with Gasteiger partial charge in [0.1, 0.15) is 5.84 Å². The van der Waals surface area contributed by atoms with E-state index in [1.54, 1.807) is 6.20 Å². The number of aromatic nitrogens is 1. The summed E-state index contributed by atoms with van der Waals surface area (Å²) < 4.78 is 0.961. The molecule has 2 heterocycles. The molecule has 5 nitrogen and oxygen atoms in total. The monoisotopic (exact) mass is 481 g/mol. The highest BCUT2D eigenvalue weighted by molar-refractivity contribution is 9.10. The van der Waals surface area contributed by atoms with Gasteiger partial charge in [0, 0.05) is 21.6 Å². The Morgan fingerprint density at radius 3 is 2.88 bits per heavy atom. The van der Waals surface area contributed by atoms with Crippen LogP contribution in [0.5, 0.6) is 0 Å². The average Bonchev–Trinajstić information content (AvgIpc) is 2.82. The van der Waals surface area contributed by atoms with Crippen molar-refractivity contribution in [1.29, 1.82) is 0 Å². The Labute approximate surface area is 167 Å². The van der Waals surface area contributed by atoms with E-state index >= 15 is 0 Å². The van der Waals surface area contributed by atoms with Crippen molar-refractivity contribution < 1.29 is 0 Å². The summed E-state index contributed by atoms with van der Waals surface area (Å²) in [7, 11) is 0. The maximum Gasteiger partial charge on any atom is 0.144 e. The number of aliphatic imine (C=N–C) groups is 2. The molecule has 25 heavy (non-hydrogen) atoms. The lowest BCUT2D eigenvalue weighted by Gasteiger charge is -2.07. The number of nitrogens with zero attached hydrogens (tertiary/aromatic N) is 4. The molecule has 0 bridgehead atoms. The lowest BCUT2D eigenvalue weighted by Crippen LogP contribution is -2.23. The maximum absolute atomic E-state index is 5.84. The summed E-state index contributed by atoms with van der Waals surface area (Å²) in [6.45, 7) is 0.375. The molecule has 0 radical (unpaired) electrons. The molecular formula is C17H14Br2ClN5. The highest BCUT2D eigenvalue weighted by Crippen LogP contribution is 2.27. The Bertz CT molecular complexity index is 843. The first kappa shape index (κ1) is 18.2. The summed E-state index contributed by atoms with van der Waals surface area (Å²) in [5, 5.41) is 4.88.